The number of carbonyl (C=O) groups excluding carboxylic acids is 1. The van der Waals surface area contributed by atoms with Gasteiger partial charge in [0.25, 0.3) is 0 Å². The molecule has 2 aromatic rings. The molecular weight excluding hydrogens is 311 g/mol. The molecule has 0 aromatic heterocycles. The van der Waals surface area contributed by atoms with E-state index in [9.17, 15) is 9.18 Å². The molecule has 2 rings (SSSR count). The van der Waals surface area contributed by atoms with Gasteiger partial charge < -0.3 is 14.2 Å². The Morgan fingerprint density at radius 3 is 2.46 bits per heavy atom. The topological polar surface area (TPSA) is 44.8 Å². The lowest BCUT2D eigenvalue weighted by molar-refractivity contribution is -0.134. The molecule has 24 heavy (non-hydrogen) atoms. The van der Waals surface area contributed by atoms with Crippen molar-refractivity contribution in [3.63, 3.8) is 0 Å². The summed E-state index contributed by atoms with van der Waals surface area (Å²) in [6, 6.07) is 9.91. The van der Waals surface area contributed by atoms with Gasteiger partial charge in [-0.2, -0.15) is 0 Å². The molecule has 0 saturated carbocycles. The van der Waals surface area contributed by atoms with Crippen molar-refractivity contribution in [2.75, 3.05) is 6.61 Å². The predicted octanol–water partition coefficient (Wildman–Crippen LogP) is 4.43. The Bertz CT molecular complexity index is 713. The first-order chi connectivity index (χ1) is 11.5. The van der Waals surface area contributed by atoms with Crippen molar-refractivity contribution in [3.05, 3.63) is 53.3 Å². The quantitative estimate of drug-likeness (QED) is 0.556. The molecule has 0 N–H and O–H groups in total. The summed E-state index contributed by atoms with van der Waals surface area (Å²) in [5.41, 5.74) is 1.38. The predicted molar refractivity (Wildman–Crippen MR) is 89.0 cm³/mol. The molecular formula is C19H21FO4. The Morgan fingerprint density at radius 1 is 1.04 bits per heavy atom. The summed E-state index contributed by atoms with van der Waals surface area (Å²) >= 11 is 0. The molecule has 0 radical (unpaired) electrons. The van der Waals surface area contributed by atoms with Crippen LogP contribution in [0.1, 0.15) is 31.4 Å². The van der Waals surface area contributed by atoms with Gasteiger partial charge in [-0.3, -0.25) is 4.79 Å². The monoisotopic (exact) mass is 332 g/mol. The molecule has 4 nitrogen and oxygen atoms in total. The van der Waals surface area contributed by atoms with E-state index in [-0.39, 0.29) is 24.7 Å². The van der Waals surface area contributed by atoms with Gasteiger partial charge >= 0.3 is 5.97 Å². The Morgan fingerprint density at radius 2 is 1.79 bits per heavy atom. The van der Waals surface area contributed by atoms with E-state index in [0.29, 0.717) is 23.7 Å². The van der Waals surface area contributed by atoms with Crippen molar-refractivity contribution in [2.45, 2.75) is 33.8 Å². The van der Waals surface area contributed by atoms with Gasteiger partial charge in [-0.05, 0) is 43.7 Å². The lowest BCUT2D eigenvalue weighted by Crippen LogP contribution is -2.10. The summed E-state index contributed by atoms with van der Waals surface area (Å²) in [5, 5.41) is 0. The molecule has 0 heterocycles. The van der Waals surface area contributed by atoms with Crippen molar-refractivity contribution in [2.24, 2.45) is 0 Å². The summed E-state index contributed by atoms with van der Waals surface area (Å²) in [7, 11) is 0. The zero-order valence-corrected chi connectivity index (χ0v) is 14.1. The second kappa shape index (κ2) is 8.34. The van der Waals surface area contributed by atoms with Crippen molar-refractivity contribution in [1.29, 1.82) is 0 Å². The van der Waals surface area contributed by atoms with Crippen LogP contribution in [0.3, 0.4) is 0 Å². The number of aryl methyl sites for hydroxylation is 1. The van der Waals surface area contributed by atoms with E-state index in [1.165, 1.54) is 6.07 Å². The van der Waals surface area contributed by atoms with E-state index in [1.54, 1.807) is 44.2 Å². The van der Waals surface area contributed by atoms with Gasteiger partial charge in [0, 0.05) is 6.42 Å². The van der Waals surface area contributed by atoms with Crippen LogP contribution in [-0.4, -0.2) is 12.6 Å². The highest BCUT2D eigenvalue weighted by atomic mass is 19.1. The average molecular weight is 332 g/mol. The van der Waals surface area contributed by atoms with Gasteiger partial charge in [-0.15, -0.1) is 0 Å². The van der Waals surface area contributed by atoms with Crippen LogP contribution in [0.5, 0.6) is 17.2 Å². The normalized spacial score (nSPS) is 10.3. The minimum absolute atomic E-state index is 0.0302. The third-order valence-corrected chi connectivity index (χ3v) is 3.36. The summed E-state index contributed by atoms with van der Waals surface area (Å²) in [5.74, 6) is 0.258. The lowest BCUT2D eigenvalue weighted by atomic mass is 10.2. The number of ether oxygens (including phenoxy) is 3. The van der Waals surface area contributed by atoms with Gasteiger partial charge in [-0.25, -0.2) is 4.39 Å². The molecule has 2 aromatic carbocycles. The number of esters is 1. The fraction of sp³-hybridized carbons (Fsp3) is 0.316. The summed E-state index contributed by atoms with van der Waals surface area (Å²) < 4.78 is 30.4. The third-order valence-electron chi connectivity index (χ3n) is 3.36. The van der Waals surface area contributed by atoms with Crippen LogP contribution in [0.15, 0.2) is 36.4 Å². The number of hydrogen-bond donors (Lipinski definition) is 0. The van der Waals surface area contributed by atoms with E-state index in [1.807, 2.05) is 6.92 Å². The highest BCUT2D eigenvalue weighted by molar-refractivity contribution is 5.72. The summed E-state index contributed by atoms with van der Waals surface area (Å²) in [6.45, 7) is 5.86. The first kappa shape index (κ1) is 17.8. The van der Waals surface area contributed by atoms with Gasteiger partial charge in [0.15, 0.2) is 11.6 Å². The SMILES string of the molecule is CCOc1cccc(OC(=O)CC)c1COc1ccc(C)cc1F. The lowest BCUT2D eigenvalue weighted by Gasteiger charge is -2.15. The van der Waals surface area contributed by atoms with Crippen LogP contribution in [0.25, 0.3) is 0 Å². The van der Waals surface area contributed by atoms with E-state index in [0.717, 1.165) is 5.56 Å². The van der Waals surface area contributed by atoms with Crippen molar-refractivity contribution in [1.82, 2.24) is 0 Å². The van der Waals surface area contributed by atoms with Crippen LogP contribution >= 0.6 is 0 Å². The smallest absolute Gasteiger partial charge is 0.310 e. The van der Waals surface area contributed by atoms with Crippen LogP contribution in [0.2, 0.25) is 0 Å². The fourth-order valence-corrected chi connectivity index (χ4v) is 2.14. The second-order valence-corrected chi connectivity index (χ2v) is 5.22. The van der Waals surface area contributed by atoms with Crippen LogP contribution in [-0.2, 0) is 11.4 Å². The first-order valence-electron chi connectivity index (χ1n) is 7.89. The van der Waals surface area contributed by atoms with E-state index in [4.69, 9.17) is 14.2 Å². The number of carbonyl (C=O) groups is 1. The van der Waals surface area contributed by atoms with Gasteiger partial charge in [0.05, 0.1) is 12.2 Å². The van der Waals surface area contributed by atoms with Gasteiger partial charge in [-0.1, -0.05) is 19.1 Å². The molecule has 0 saturated heterocycles. The fourth-order valence-electron chi connectivity index (χ4n) is 2.14. The van der Waals surface area contributed by atoms with Gasteiger partial charge in [0.2, 0.25) is 0 Å². The molecule has 0 bridgehead atoms. The molecule has 0 unspecified atom stereocenters. The highest BCUT2D eigenvalue weighted by Gasteiger charge is 2.15. The Balaban J connectivity index is 2.26. The van der Waals surface area contributed by atoms with E-state index < -0.39 is 5.82 Å². The van der Waals surface area contributed by atoms with E-state index in [2.05, 4.69) is 0 Å². The second-order valence-electron chi connectivity index (χ2n) is 5.22. The molecule has 0 atom stereocenters. The van der Waals surface area contributed by atoms with Crippen LogP contribution in [0, 0.1) is 12.7 Å². The van der Waals surface area contributed by atoms with Crippen LogP contribution in [0.4, 0.5) is 4.39 Å². The number of hydrogen-bond acceptors (Lipinski definition) is 4. The van der Waals surface area contributed by atoms with Gasteiger partial charge in [0.1, 0.15) is 18.1 Å². The van der Waals surface area contributed by atoms with Crippen LogP contribution < -0.4 is 14.2 Å². The minimum atomic E-state index is -0.434. The molecule has 0 aliphatic rings. The number of benzene rings is 2. The van der Waals surface area contributed by atoms with Crippen molar-refractivity contribution >= 4 is 5.97 Å². The molecule has 0 fully saturated rings. The zero-order chi connectivity index (χ0) is 17.5. The zero-order valence-electron chi connectivity index (χ0n) is 14.1. The summed E-state index contributed by atoms with van der Waals surface area (Å²) in [4.78, 5) is 11.6. The highest BCUT2D eigenvalue weighted by Crippen LogP contribution is 2.31. The maximum Gasteiger partial charge on any atom is 0.310 e. The Hall–Kier alpha value is -2.56. The number of halogens is 1. The first-order valence-corrected chi connectivity index (χ1v) is 7.89. The maximum atomic E-state index is 13.9. The molecule has 0 aliphatic carbocycles. The molecule has 0 amide bonds. The molecule has 0 aliphatic heterocycles. The maximum absolute atomic E-state index is 13.9. The number of rotatable bonds is 7. The Labute approximate surface area is 141 Å². The van der Waals surface area contributed by atoms with Crippen molar-refractivity contribution < 1.29 is 23.4 Å². The Kier molecular flexibility index (Phi) is 6.18. The van der Waals surface area contributed by atoms with E-state index >= 15 is 0 Å². The summed E-state index contributed by atoms with van der Waals surface area (Å²) in [6.07, 6.45) is 0.256. The van der Waals surface area contributed by atoms with Crippen molar-refractivity contribution in [3.8, 4) is 17.2 Å². The minimum Gasteiger partial charge on any atom is -0.493 e. The third kappa shape index (κ3) is 4.47. The molecule has 5 heteroatoms. The standard InChI is InChI=1S/C19H21FO4/c1-4-19(21)24-17-8-6-7-16(22-5-2)14(17)12-23-18-10-9-13(3)11-15(18)20/h6-11H,4-5,12H2,1-3H3. The molecule has 128 valence electrons. The largest absolute Gasteiger partial charge is 0.493 e. The molecule has 0 spiro atoms. The average Bonchev–Trinajstić information content (AvgIpc) is 2.56.